The minimum atomic E-state index is 0.00410. The molecule has 0 amide bonds. The van der Waals surface area contributed by atoms with Crippen molar-refractivity contribution >= 4 is 5.65 Å². The average Bonchev–Trinajstić information content (AvgIpc) is 3.05. The molecule has 0 aromatic carbocycles. The van der Waals surface area contributed by atoms with Crippen LogP contribution in [0.3, 0.4) is 0 Å². The van der Waals surface area contributed by atoms with Gasteiger partial charge in [0.15, 0.2) is 0 Å². The highest BCUT2D eigenvalue weighted by Gasteiger charge is 2.24. The zero-order valence-electron chi connectivity index (χ0n) is 15.3. The first-order valence-corrected chi connectivity index (χ1v) is 9.66. The quantitative estimate of drug-likeness (QED) is 0.859. The largest absolute Gasteiger partial charge is 0.381 e. The summed E-state index contributed by atoms with van der Waals surface area (Å²) in [6.45, 7) is 6.69. The fraction of sp³-hybridized carbons (Fsp3) is 0.737. The summed E-state index contributed by atoms with van der Waals surface area (Å²) in [5, 5.41) is 8.60. The predicted octanol–water partition coefficient (Wildman–Crippen LogP) is 2.92. The molecule has 1 aliphatic heterocycles. The first kappa shape index (κ1) is 16.8. The molecule has 2 fully saturated rings. The summed E-state index contributed by atoms with van der Waals surface area (Å²) >= 11 is 0. The van der Waals surface area contributed by atoms with Crippen LogP contribution >= 0.6 is 0 Å². The Morgan fingerprint density at radius 1 is 1.12 bits per heavy atom. The van der Waals surface area contributed by atoms with E-state index in [0.717, 1.165) is 50.0 Å². The van der Waals surface area contributed by atoms with Crippen molar-refractivity contribution in [3.63, 3.8) is 0 Å². The van der Waals surface area contributed by atoms with Crippen LogP contribution in [0.5, 0.6) is 0 Å². The van der Waals surface area contributed by atoms with E-state index in [1.807, 2.05) is 22.1 Å². The van der Waals surface area contributed by atoms with E-state index in [1.54, 1.807) is 0 Å². The van der Waals surface area contributed by atoms with E-state index in [9.17, 15) is 4.79 Å². The summed E-state index contributed by atoms with van der Waals surface area (Å²) < 4.78 is 9.28. The van der Waals surface area contributed by atoms with Crippen molar-refractivity contribution in [2.24, 2.45) is 11.8 Å². The van der Waals surface area contributed by atoms with Crippen LogP contribution < -0.4 is 5.56 Å². The van der Waals surface area contributed by atoms with Crippen molar-refractivity contribution in [1.29, 1.82) is 0 Å². The minimum absolute atomic E-state index is 0.00410. The standard InChI is InChI=1S/C19H28N4O2/c1-13-3-5-15(6-4-13)12-22-14(2)11-23-17(16-7-9-25-10-8-16)20-21-18(23)19(22)24/h11,13,15-16H,3-10,12H2,1-2H3/t13-,15+. The van der Waals surface area contributed by atoms with E-state index >= 15 is 0 Å². The van der Waals surface area contributed by atoms with E-state index in [2.05, 4.69) is 17.1 Å². The lowest BCUT2D eigenvalue weighted by Crippen LogP contribution is -2.29. The molecule has 136 valence electrons. The molecule has 6 heteroatoms. The Labute approximate surface area is 148 Å². The molecule has 1 saturated carbocycles. The molecule has 3 heterocycles. The number of hydrogen-bond donors (Lipinski definition) is 0. The maximum absolute atomic E-state index is 13.0. The van der Waals surface area contributed by atoms with Crippen LogP contribution in [-0.2, 0) is 11.3 Å². The van der Waals surface area contributed by atoms with E-state index in [-0.39, 0.29) is 5.56 Å². The van der Waals surface area contributed by atoms with Gasteiger partial charge in [-0.25, -0.2) is 0 Å². The molecule has 0 unspecified atom stereocenters. The van der Waals surface area contributed by atoms with E-state index in [0.29, 0.717) is 17.5 Å². The van der Waals surface area contributed by atoms with Crippen LogP contribution in [0.1, 0.15) is 62.9 Å². The molecular formula is C19H28N4O2. The second-order valence-electron chi connectivity index (χ2n) is 7.95. The predicted molar refractivity (Wildman–Crippen MR) is 95.9 cm³/mol. The Morgan fingerprint density at radius 2 is 1.84 bits per heavy atom. The zero-order valence-corrected chi connectivity index (χ0v) is 15.3. The third-order valence-electron chi connectivity index (χ3n) is 6.06. The highest BCUT2D eigenvalue weighted by Crippen LogP contribution is 2.29. The summed E-state index contributed by atoms with van der Waals surface area (Å²) in [5.41, 5.74) is 1.48. The summed E-state index contributed by atoms with van der Waals surface area (Å²) in [4.78, 5) is 13.0. The van der Waals surface area contributed by atoms with Crippen molar-refractivity contribution in [3.05, 3.63) is 28.1 Å². The van der Waals surface area contributed by atoms with E-state index < -0.39 is 0 Å². The Balaban J connectivity index is 1.64. The van der Waals surface area contributed by atoms with Crippen LogP contribution in [0, 0.1) is 18.8 Å². The SMILES string of the molecule is Cc1cn2c(C3CCOCC3)nnc2c(=O)n1C[C@H]1CC[C@@H](C)CC1. The van der Waals surface area contributed by atoms with Gasteiger partial charge in [0.25, 0.3) is 5.56 Å². The highest BCUT2D eigenvalue weighted by molar-refractivity contribution is 5.36. The summed E-state index contributed by atoms with van der Waals surface area (Å²) in [6, 6.07) is 0. The van der Waals surface area contributed by atoms with Gasteiger partial charge >= 0.3 is 0 Å². The van der Waals surface area contributed by atoms with E-state index in [4.69, 9.17) is 4.74 Å². The molecule has 4 rings (SSSR count). The van der Waals surface area contributed by atoms with Crippen molar-refractivity contribution in [2.75, 3.05) is 13.2 Å². The molecular weight excluding hydrogens is 316 g/mol. The van der Waals surface area contributed by atoms with Crippen LogP contribution in [-0.4, -0.2) is 32.4 Å². The zero-order chi connectivity index (χ0) is 17.4. The lowest BCUT2D eigenvalue weighted by atomic mass is 9.83. The fourth-order valence-corrected chi connectivity index (χ4v) is 4.34. The third kappa shape index (κ3) is 3.24. The number of fused-ring (bicyclic) bond motifs is 1. The molecule has 1 aliphatic carbocycles. The van der Waals surface area contributed by atoms with Gasteiger partial charge in [0, 0.05) is 37.6 Å². The lowest BCUT2D eigenvalue weighted by molar-refractivity contribution is 0.0834. The monoisotopic (exact) mass is 344 g/mol. The third-order valence-corrected chi connectivity index (χ3v) is 6.06. The van der Waals surface area contributed by atoms with Gasteiger partial charge in [-0.15, -0.1) is 10.2 Å². The molecule has 0 atom stereocenters. The maximum atomic E-state index is 13.0. The normalized spacial score (nSPS) is 25.5. The van der Waals surface area contributed by atoms with Gasteiger partial charge in [0.2, 0.25) is 5.65 Å². The van der Waals surface area contributed by atoms with Gasteiger partial charge in [-0.1, -0.05) is 19.8 Å². The Morgan fingerprint density at radius 3 is 2.56 bits per heavy atom. The van der Waals surface area contributed by atoms with Crippen molar-refractivity contribution in [1.82, 2.24) is 19.2 Å². The number of rotatable bonds is 3. The lowest BCUT2D eigenvalue weighted by Gasteiger charge is -2.27. The van der Waals surface area contributed by atoms with Gasteiger partial charge in [-0.2, -0.15) is 0 Å². The molecule has 25 heavy (non-hydrogen) atoms. The number of ether oxygens (including phenoxy) is 1. The van der Waals surface area contributed by atoms with Gasteiger partial charge in [-0.3, -0.25) is 9.20 Å². The summed E-state index contributed by atoms with van der Waals surface area (Å²) in [5.74, 6) is 2.68. The average molecular weight is 344 g/mol. The molecule has 1 saturated heterocycles. The van der Waals surface area contributed by atoms with Crippen LogP contribution in [0.15, 0.2) is 11.0 Å². The highest BCUT2D eigenvalue weighted by atomic mass is 16.5. The van der Waals surface area contributed by atoms with Crippen molar-refractivity contribution < 1.29 is 4.74 Å². The summed E-state index contributed by atoms with van der Waals surface area (Å²) in [6.07, 6.45) is 8.94. The molecule has 2 aliphatic rings. The number of nitrogens with zero attached hydrogens (tertiary/aromatic N) is 4. The van der Waals surface area contributed by atoms with Crippen LogP contribution in [0.2, 0.25) is 0 Å². The van der Waals surface area contributed by atoms with Gasteiger partial charge < -0.3 is 9.30 Å². The smallest absolute Gasteiger partial charge is 0.296 e. The fourth-order valence-electron chi connectivity index (χ4n) is 4.34. The Bertz CT molecular complexity index is 796. The van der Waals surface area contributed by atoms with Crippen molar-refractivity contribution in [3.8, 4) is 0 Å². The van der Waals surface area contributed by atoms with Gasteiger partial charge in [0.1, 0.15) is 5.82 Å². The van der Waals surface area contributed by atoms with Gasteiger partial charge in [0.05, 0.1) is 0 Å². The number of hydrogen-bond acceptors (Lipinski definition) is 4. The molecule has 0 radical (unpaired) electrons. The Kier molecular flexibility index (Phi) is 4.63. The first-order chi connectivity index (χ1) is 12.1. The first-order valence-electron chi connectivity index (χ1n) is 9.66. The van der Waals surface area contributed by atoms with Crippen LogP contribution in [0.25, 0.3) is 5.65 Å². The van der Waals surface area contributed by atoms with Gasteiger partial charge in [-0.05, 0) is 44.4 Å². The second kappa shape index (κ2) is 6.90. The maximum Gasteiger partial charge on any atom is 0.296 e. The Hall–Kier alpha value is -1.69. The molecule has 0 N–H and O–H groups in total. The molecule has 2 aromatic heterocycles. The number of aromatic nitrogens is 4. The minimum Gasteiger partial charge on any atom is -0.381 e. The van der Waals surface area contributed by atoms with Crippen LogP contribution in [0.4, 0.5) is 0 Å². The molecule has 0 spiro atoms. The van der Waals surface area contributed by atoms with Crippen molar-refractivity contribution in [2.45, 2.75) is 64.8 Å². The summed E-state index contributed by atoms with van der Waals surface area (Å²) in [7, 11) is 0. The number of aryl methyl sites for hydroxylation is 1. The second-order valence-corrected chi connectivity index (χ2v) is 7.95. The molecule has 0 bridgehead atoms. The topological polar surface area (TPSA) is 61.4 Å². The van der Waals surface area contributed by atoms with E-state index in [1.165, 1.54) is 25.7 Å². The molecule has 2 aromatic rings. The molecule has 6 nitrogen and oxygen atoms in total.